The maximum Gasteiger partial charge on any atom is 0.274 e. The zero-order valence-electron chi connectivity index (χ0n) is 12.8. The molecule has 0 saturated heterocycles. The Morgan fingerprint density at radius 2 is 2.14 bits per heavy atom. The van der Waals surface area contributed by atoms with E-state index in [0.29, 0.717) is 0 Å². The Labute approximate surface area is 128 Å². The maximum atomic E-state index is 11.5. The molecule has 0 bridgehead atoms. The lowest BCUT2D eigenvalue weighted by Crippen LogP contribution is -2.30. The molecule has 0 aliphatic carbocycles. The highest BCUT2D eigenvalue weighted by Crippen LogP contribution is 2.51. The number of thioether (sulfide) groups is 1. The molecule has 1 aromatic carbocycles. The fourth-order valence-electron chi connectivity index (χ4n) is 3.03. The van der Waals surface area contributed by atoms with Crippen LogP contribution in [0.15, 0.2) is 16.0 Å². The summed E-state index contributed by atoms with van der Waals surface area (Å²) in [5.74, 6) is 0. The molecular formula is C15H19N3O2S. The number of hydrogen-bond donors (Lipinski definition) is 0. The lowest BCUT2D eigenvalue weighted by atomic mass is 9.84. The van der Waals surface area contributed by atoms with Crippen molar-refractivity contribution in [3.05, 3.63) is 27.3 Å². The summed E-state index contributed by atoms with van der Waals surface area (Å²) in [4.78, 5) is 19.1. The topological polar surface area (TPSA) is 58.7 Å². The van der Waals surface area contributed by atoms with E-state index in [1.165, 1.54) is 0 Å². The molecule has 21 heavy (non-hydrogen) atoms. The third kappa shape index (κ3) is 2.21. The van der Waals surface area contributed by atoms with E-state index in [0.717, 1.165) is 46.4 Å². The van der Waals surface area contributed by atoms with Crippen molar-refractivity contribution in [1.29, 1.82) is 0 Å². The quantitative estimate of drug-likeness (QED) is 0.583. The van der Waals surface area contributed by atoms with Crippen molar-refractivity contribution in [2.45, 2.75) is 44.4 Å². The minimum atomic E-state index is -0.275. The second-order valence-electron chi connectivity index (χ2n) is 6.54. The highest BCUT2D eigenvalue weighted by atomic mass is 32.2. The molecule has 0 radical (unpaired) electrons. The van der Waals surface area contributed by atoms with Crippen molar-refractivity contribution in [2.75, 3.05) is 18.0 Å². The third-order valence-corrected chi connectivity index (χ3v) is 4.99. The number of amidine groups is 1. The van der Waals surface area contributed by atoms with Gasteiger partial charge in [0.1, 0.15) is 0 Å². The Hall–Kier alpha value is -1.56. The number of aliphatic imine (C=N–C) groups is 1. The van der Waals surface area contributed by atoms with Gasteiger partial charge in [-0.3, -0.25) is 15.1 Å². The minimum Gasteiger partial charge on any atom is -0.320 e. The number of nitro groups is 1. The highest BCUT2D eigenvalue weighted by molar-refractivity contribution is 8.14. The van der Waals surface area contributed by atoms with E-state index in [-0.39, 0.29) is 16.0 Å². The zero-order chi connectivity index (χ0) is 15.4. The molecule has 0 fully saturated rings. The van der Waals surface area contributed by atoms with Crippen LogP contribution in [0.25, 0.3) is 0 Å². The van der Waals surface area contributed by atoms with E-state index in [1.807, 2.05) is 27.7 Å². The van der Waals surface area contributed by atoms with Crippen LogP contribution in [0.1, 0.15) is 38.3 Å². The van der Waals surface area contributed by atoms with E-state index < -0.39 is 0 Å². The molecule has 112 valence electrons. The summed E-state index contributed by atoms with van der Waals surface area (Å²) in [5.41, 5.74) is 2.86. The smallest absolute Gasteiger partial charge is 0.274 e. The van der Waals surface area contributed by atoms with Gasteiger partial charge in [-0.05, 0) is 36.1 Å². The lowest BCUT2D eigenvalue weighted by Gasteiger charge is -2.25. The standard InChI is InChI=1S/C15H19N3O2S/c1-9-8-10(18(19)20)11(15(2,3)4)13-12(9)17-7-5-6-16-14(17)21-13/h8H,5-7H2,1-4H3. The van der Waals surface area contributed by atoms with Gasteiger partial charge < -0.3 is 4.90 Å². The molecule has 5 nitrogen and oxygen atoms in total. The van der Waals surface area contributed by atoms with Gasteiger partial charge in [-0.25, -0.2) is 0 Å². The number of nitrogens with zero attached hydrogens (tertiary/aromatic N) is 3. The molecule has 6 heteroatoms. The van der Waals surface area contributed by atoms with Gasteiger partial charge in [0.05, 0.1) is 16.2 Å². The van der Waals surface area contributed by atoms with E-state index in [4.69, 9.17) is 0 Å². The SMILES string of the molecule is Cc1cc([N+](=O)[O-])c(C(C)(C)C)c2c1N1CCCN=C1S2. The highest BCUT2D eigenvalue weighted by Gasteiger charge is 2.39. The van der Waals surface area contributed by atoms with Crippen molar-refractivity contribution < 1.29 is 4.92 Å². The van der Waals surface area contributed by atoms with Crippen LogP contribution in [0.5, 0.6) is 0 Å². The molecule has 3 rings (SSSR count). The average molecular weight is 305 g/mol. The zero-order valence-corrected chi connectivity index (χ0v) is 13.6. The van der Waals surface area contributed by atoms with Crippen molar-refractivity contribution >= 4 is 28.3 Å². The lowest BCUT2D eigenvalue weighted by molar-refractivity contribution is -0.386. The maximum absolute atomic E-state index is 11.5. The number of rotatable bonds is 1. The number of nitro benzene ring substituents is 1. The fourth-order valence-corrected chi connectivity index (χ4v) is 4.55. The van der Waals surface area contributed by atoms with Gasteiger partial charge in [0, 0.05) is 24.1 Å². The largest absolute Gasteiger partial charge is 0.320 e. The molecule has 2 aliphatic heterocycles. The van der Waals surface area contributed by atoms with E-state index in [9.17, 15) is 10.1 Å². The molecule has 0 atom stereocenters. The van der Waals surface area contributed by atoms with Crippen molar-refractivity contribution in [3.8, 4) is 0 Å². The van der Waals surface area contributed by atoms with Crippen LogP contribution in [0.4, 0.5) is 11.4 Å². The summed E-state index contributed by atoms with van der Waals surface area (Å²) in [6, 6.07) is 1.72. The number of benzene rings is 1. The van der Waals surface area contributed by atoms with Gasteiger partial charge in [0.25, 0.3) is 5.69 Å². The summed E-state index contributed by atoms with van der Waals surface area (Å²) in [6.45, 7) is 9.84. The number of anilines is 1. The Morgan fingerprint density at radius 3 is 2.76 bits per heavy atom. The summed E-state index contributed by atoms with van der Waals surface area (Å²) in [6.07, 6.45) is 1.03. The van der Waals surface area contributed by atoms with E-state index in [1.54, 1.807) is 17.8 Å². The second-order valence-corrected chi connectivity index (χ2v) is 7.52. The van der Waals surface area contributed by atoms with Gasteiger partial charge in [-0.1, -0.05) is 20.8 Å². The number of aryl methyl sites for hydroxylation is 1. The summed E-state index contributed by atoms with van der Waals surface area (Å²) < 4.78 is 0. The first-order chi connectivity index (χ1) is 9.80. The van der Waals surface area contributed by atoms with Crippen LogP contribution in [-0.4, -0.2) is 23.2 Å². The summed E-state index contributed by atoms with van der Waals surface area (Å²) >= 11 is 1.59. The van der Waals surface area contributed by atoms with Gasteiger partial charge in [0.15, 0.2) is 5.17 Å². The normalized spacial score (nSPS) is 17.3. The molecule has 2 heterocycles. The molecule has 0 aromatic heterocycles. The van der Waals surface area contributed by atoms with Crippen LogP contribution in [0.3, 0.4) is 0 Å². The first-order valence-corrected chi connectivity index (χ1v) is 7.94. The van der Waals surface area contributed by atoms with Crippen molar-refractivity contribution in [3.63, 3.8) is 0 Å². The Morgan fingerprint density at radius 1 is 1.43 bits per heavy atom. The molecular weight excluding hydrogens is 286 g/mol. The van der Waals surface area contributed by atoms with Gasteiger partial charge >= 0.3 is 0 Å². The molecule has 0 spiro atoms. The number of hydrogen-bond acceptors (Lipinski definition) is 5. The van der Waals surface area contributed by atoms with Gasteiger partial charge in [-0.2, -0.15) is 0 Å². The van der Waals surface area contributed by atoms with Crippen LogP contribution in [0, 0.1) is 17.0 Å². The second kappa shape index (κ2) is 4.73. The van der Waals surface area contributed by atoms with E-state index in [2.05, 4.69) is 9.89 Å². The molecule has 0 N–H and O–H groups in total. The first-order valence-electron chi connectivity index (χ1n) is 7.13. The Bertz CT molecular complexity index is 662. The monoisotopic (exact) mass is 305 g/mol. The van der Waals surface area contributed by atoms with Crippen LogP contribution < -0.4 is 4.90 Å². The molecule has 0 unspecified atom stereocenters. The van der Waals surface area contributed by atoms with Crippen molar-refractivity contribution in [2.24, 2.45) is 4.99 Å². The van der Waals surface area contributed by atoms with Gasteiger partial charge in [-0.15, -0.1) is 0 Å². The van der Waals surface area contributed by atoms with Crippen molar-refractivity contribution in [1.82, 2.24) is 0 Å². The predicted molar refractivity (Wildman–Crippen MR) is 86.7 cm³/mol. The molecule has 0 amide bonds. The Kier molecular flexibility index (Phi) is 3.24. The first kappa shape index (κ1) is 14.4. The third-order valence-electron chi connectivity index (χ3n) is 3.85. The molecule has 2 aliphatic rings. The molecule has 0 saturated carbocycles. The minimum absolute atomic E-state index is 0.228. The predicted octanol–water partition coefficient (Wildman–Crippen LogP) is 3.87. The summed E-state index contributed by atoms with van der Waals surface area (Å²) in [5, 5.41) is 12.5. The average Bonchev–Trinajstić information content (AvgIpc) is 2.75. The Balaban J connectivity index is 2.30. The van der Waals surface area contributed by atoms with Crippen LogP contribution >= 0.6 is 11.8 Å². The van der Waals surface area contributed by atoms with Gasteiger partial charge in [0.2, 0.25) is 0 Å². The number of fused-ring (bicyclic) bond motifs is 3. The summed E-state index contributed by atoms with van der Waals surface area (Å²) in [7, 11) is 0. The van der Waals surface area contributed by atoms with E-state index >= 15 is 0 Å². The van der Waals surface area contributed by atoms with Crippen LogP contribution in [0.2, 0.25) is 0 Å². The fraction of sp³-hybridized carbons (Fsp3) is 0.533. The van der Waals surface area contributed by atoms with Crippen LogP contribution in [-0.2, 0) is 5.41 Å². The molecule has 1 aromatic rings.